The van der Waals surface area contributed by atoms with Gasteiger partial charge in [-0.15, -0.1) is 0 Å². The van der Waals surface area contributed by atoms with Crippen LogP contribution in [0, 0.1) is 0 Å². The number of ether oxygens (including phenoxy) is 1. The number of aliphatic hydroxyl groups is 1. The van der Waals surface area contributed by atoms with Gasteiger partial charge in [0.05, 0.1) is 0 Å². The van der Waals surface area contributed by atoms with Gasteiger partial charge in [0.1, 0.15) is 11.9 Å². The van der Waals surface area contributed by atoms with E-state index in [1.54, 1.807) is 13.8 Å². The summed E-state index contributed by atoms with van der Waals surface area (Å²) in [6.07, 6.45) is 1.21. The molecule has 0 rings (SSSR count). The van der Waals surface area contributed by atoms with E-state index >= 15 is 0 Å². The molecule has 0 bridgehead atoms. The number of aliphatic hydroxyl groups excluding tert-OH is 1. The van der Waals surface area contributed by atoms with Crippen molar-refractivity contribution in [3.63, 3.8) is 0 Å². The van der Waals surface area contributed by atoms with E-state index in [0.29, 0.717) is 6.42 Å². The van der Waals surface area contributed by atoms with Gasteiger partial charge in [0.15, 0.2) is 5.78 Å². The van der Waals surface area contributed by atoms with Crippen LogP contribution >= 0.6 is 0 Å². The quantitative estimate of drug-likeness (QED) is 0.497. The van der Waals surface area contributed by atoms with Gasteiger partial charge in [-0.3, -0.25) is 4.79 Å². The Morgan fingerprint density at radius 3 is 2.64 bits per heavy atom. The minimum absolute atomic E-state index is 0.0145. The van der Waals surface area contributed by atoms with Crippen molar-refractivity contribution in [1.82, 2.24) is 0 Å². The SMILES string of the molecule is CCC(=O)/C=C(\O)C(C)OC. The lowest BCUT2D eigenvalue weighted by atomic mass is 10.2. The molecule has 0 aliphatic heterocycles. The van der Waals surface area contributed by atoms with Gasteiger partial charge in [0.2, 0.25) is 0 Å². The van der Waals surface area contributed by atoms with Crippen LogP contribution in [0.4, 0.5) is 0 Å². The average Bonchev–Trinajstić information content (AvgIpc) is 2.02. The molecule has 1 atom stereocenters. The Kier molecular flexibility index (Phi) is 4.54. The number of carbonyl (C=O) groups excluding carboxylic acids is 1. The van der Waals surface area contributed by atoms with Crippen LogP contribution in [-0.2, 0) is 9.53 Å². The maximum absolute atomic E-state index is 10.8. The van der Waals surface area contributed by atoms with Crippen LogP contribution < -0.4 is 0 Å². The molecular formula is C8H14O3. The molecule has 0 aromatic heterocycles. The summed E-state index contributed by atoms with van der Waals surface area (Å²) in [5.41, 5.74) is 0. The first-order valence-electron chi connectivity index (χ1n) is 3.58. The van der Waals surface area contributed by atoms with Gasteiger partial charge in [-0.25, -0.2) is 0 Å². The number of methoxy groups -OCH3 is 1. The number of carbonyl (C=O) groups is 1. The summed E-state index contributed by atoms with van der Waals surface area (Å²) in [6, 6.07) is 0. The zero-order valence-electron chi connectivity index (χ0n) is 7.13. The molecular weight excluding hydrogens is 144 g/mol. The molecule has 0 aliphatic carbocycles. The van der Waals surface area contributed by atoms with Crippen LogP contribution in [0.3, 0.4) is 0 Å². The summed E-state index contributed by atoms with van der Waals surface area (Å²) in [7, 11) is 1.48. The van der Waals surface area contributed by atoms with Crippen LogP contribution in [0.5, 0.6) is 0 Å². The molecule has 0 aliphatic rings. The third-order valence-corrected chi connectivity index (χ3v) is 1.43. The molecule has 1 unspecified atom stereocenters. The van der Waals surface area contributed by atoms with Crippen LogP contribution in [0.25, 0.3) is 0 Å². The lowest BCUT2D eigenvalue weighted by molar-refractivity contribution is -0.114. The molecule has 0 fully saturated rings. The summed E-state index contributed by atoms with van der Waals surface area (Å²) in [6.45, 7) is 3.42. The first-order valence-corrected chi connectivity index (χ1v) is 3.58. The third-order valence-electron chi connectivity index (χ3n) is 1.43. The lowest BCUT2D eigenvalue weighted by Crippen LogP contribution is -2.09. The van der Waals surface area contributed by atoms with E-state index in [4.69, 9.17) is 9.84 Å². The standard InChI is InChI=1S/C8H14O3/c1-4-7(9)5-8(10)6(2)11-3/h5-6,10H,4H2,1-3H3/b8-5-. The van der Waals surface area contributed by atoms with E-state index < -0.39 is 6.10 Å². The predicted octanol–water partition coefficient (Wildman–Crippen LogP) is 1.44. The number of allylic oxidation sites excluding steroid dienone is 1. The minimum Gasteiger partial charge on any atom is -0.509 e. The predicted molar refractivity (Wildman–Crippen MR) is 42.5 cm³/mol. The van der Waals surface area contributed by atoms with Gasteiger partial charge in [-0.05, 0) is 6.92 Å². The summed E-state index contributed by atoms with van der Waals surface area (Å²) in [5, 5.41) is 9.13. The van der Waals surface area contributed by atoms with Crippen molar-refractivity contribution in [2.24, 2.45) is 0 Å². The Morgan fingerprint density at radius 1 is 1.73 bits per heavy atom. The highest BCUT2D eigenvalue weighted by Gasteiger charge is 2.05. The highest BCUT2D eigenvalue weighted by Crippen LogP contribution is 2.01. The number of hydrogen-bond donors (Lipinski definition) is 1. The highest BCUT2D eigenvalue weighted by atomic mass is 16.5. The van der Waals surface area contributed by atoms with Crippen molar-refractivity contribution in [3.8, 4) is 0 Å². The molecule has 64 valence electrons. The molecule has 0 aromatic carbocycles. The van der Waals surface area contributed by atoms with Gasteiger partial charge < -0.3 is 9.84 Å². The first kappa shape index (κ1) is 10.2. The van der Waals surface area contributed by atoms with Crippen molar-refractivity contribution in [2.75, 3.05) is 7.11 Å². The Bertz CT molecular complexity index is 161. The highest BCUT2D eigenvalue weighted by molar-refractivity contribution is 5.89. The molecule has 0 aromatic rings. The second-order valence-electron chi connectivity index (χ2n) is 2.27. The van der Waals surface area contributed by atoms with Gasteiger partial charge in [-0.1, -0.05) is 6.92 Å². The maximum atomic E-state index is 10.8. The molecule has 0 saturated heterocycles. The lowest BCUT2D eigenvalue weighted by Gasteiger charge is -2.06. The average molecular weight is 158 g/mol. The molecule has 0 spiro atoms. The van der Waals surface area contributed by atoms with Gasteiger partial charge in [-0.2, -0.15) is 0 Å². The van der Waals surface area contributed by atoms with Crippen molar-refractivity contribution < 1.29 is 14.6 Å². The van der Waals surface area contributed by atoms with Crippen molar-refractivity contribution in [1.29, 1.82) is 0 Å². The zero-order valence-corrected chi connectivity index (χ0v) is 7.13. The van der Waals surface area contributed by atoms with Gasteiger partial charge in [0.25, 0.3) is 0 Å². The molecule has 0 heterocycles. The van der Waals surface area contributed by atoms with Crippen LogP contribution in [-0.4, -0.2) is 24.1 Å². The minimum atomic E-state index is -0.398. The van der Waals surface area contributed by atoms with E-state index in [0.717, 1.165) is 0 Å². The third kappa shape index (κ3) is 3.78. The second kappa shape index (κ2) is 4.91. The van der Waals surface area contributed by atoms with Crippen molar-refractivity contribution >= 4 is 5.78 Å². The number of hydrogen-bond acceptors (Lipinski definition) is 3. The normalized spacial score (nSPS) is 14.6. The van der Waals surface area contributed by atoms with E-state index in [-0.39, 0.29) is 11.5 Å². The van der Waals surface area contributed by atoms with Crippen molar-refractivity contribution in [3.05, 3.63) is 11.8 Å². The largest absolute Gasteiger partial charge is 0.509 e. The van der Waals surface area contributed by atoms with Crippen LogP contribution in [0.15, 0.2) is 11.8 Å². The Morgan fingerprint density at radius 2 is 2.27 bits per heavy atom. The molecule has 1 N–H and O–H groups in total. The Hall–Kier alpha value is -0.830. The van der Waals surface area contributed by atoms with Crippen molar-refractivity contribution in [2.45, 2.75) is 26.4 Å². The fourth-order valence-corrected chi connectivity index (χ4v) is 0.505. The smallest absolute Gasteiger partial charge is 0.158 e. The summed E-state index contributed by atoms with van der Waals surface area (Å²) < 4.78 is 4.79. The van der Waals surface area contributed by atoms with Gasteiger partial charge >= 0.3 is 0 Å². The molecule has 0 amide bonds. The number of rotatable bonds is 4. The fraction of sp³-hybridized carbons (Fsp3) is 0.625. The molecule has 3 nitrogen and oxygen atoms in total. The van der Waals surface area contributed by atoms with E-state index in [1.807, 2.05) is 0 Å². The number of ketones is 1. The molecule has 11 heavy (non-hydrogen) atoms. The molecule has 0 radical (unpaired) electrons. The van der Waals surface area contributed by atoms with E-state index in [1.165, 1.54) is 13.2 Å². The molecule has 3 heteroatoms. The summed E-state index contributed by atoms with van der Waals surface area (Å²) in [5.74, 6) is -0.106. The van der Waals surface area contributed by atoms with E-state index in [9.17, 15) is 4.79 Å². The molecule has 0 saturated carbocycles. The Balaban J connectivity index is 4.09. The van der Waals surface area contributed by atoms with Crippen LogP contribution in [0.1, 0.15) is 20.3 Å². The van der Waals surface area contributed by atoms with Crippen LogP contribution in [0.2, 0.25) is 0 Å². The zero-order chi connectivity index (χ0) is 8.85. The topological polar surface area (TPSA) is 46.5 Å². The monoisotopic (exact) mass is 158 g/mol. The van der Waals surface area contributed by atoms with Gasteiger partial charge in [0, 0.05) is 19.6 Å². The maximum Gasteiger partial charge on any atom is 0.158 e. The Labute approximate surface area is 66.7 Å². The fourth-order valence-electron chi connectivity index (χ4n) is 0.505. The summed E-state index contributed by atoms with van der Waals surface area (Å²) >= 11 is 0. The summed E-state index contributed by atoms with van der Waals surface area (Å²) in [4.78, 5) is 10.8. The van der Waals surface area contributed by atoms with E-state index in [2.05, 4.69) is 0 Å². The second-order valence-corrected chi connectivity index (χ2v) is 2.27. The first-order chi connectivity index (χ1) is 5.11.